The molecule has 4 N–H and O–H groups in total. The number of terminal acetylenes is 1. The molecule has 0 bridgehead atoms. The zero-order valence-corrected chi connectivity index (χ0v) is 42.7. The van der Waals surface area contributed by atoms with Crippen LogP contribution in [-0.4, -0.2) is 114 Å². The largest absolute Gasteiger partial charge is 0.507 e. The molecule has 19 heteroatoms. The minimum Gasteiger partial charge on any atom is -0.507 e. The molecule has 3 aliphatic rings. The van der Waals surface area contributed by atoms with Crippen molar-refractivity contribution in [3.63, 3.8) is 0 Å². The van der Waals surface area contributed by atoms with Crippen molar-refractivity contribution < 1.29 is 24.1 Å². The molecule has 11 rings (SSSR count). The minimum absolute atomic E-state index is 0.159. The van der Waals surface area contributed by atoms with Crippen molar-refractivity contribution in [3.05, 3.63) is 123 Å². The van der Waals surface area contributed by atoms with E-state index in [1.54, 1.807) is 37.8 Å². The normalized spacial score (nSPS) is 15.0. The van der Waals surface area contributed by atoms with Crippen LogP contribution in [0.3, 0.4) is 0 Å². The minimum atomic E-state index is 0.159. The highest BCUT2D eigenvalue weighted by Gasteiger charge is 2.18. The van der Waals surface area contributed by atoms with E-state index in [9.17, 15) is 5.11 Å². The number of piperidine rings is 1. The zero-order chi connectivity index (χ0) is 49.1. The zero-order valence-electron chi connectivity index (χ0n) is 38.7. The molecule has 0 amide bonds. The Kier molecular flexibility index (Phi) is 16.4. The molecule has 6 heterocycles. The number of aromatic nitrogens is 6. The fourth-order valence-electron chi connectivity index (χ4n) is 8.10. The van der Waals surface area contributed by atoms with Crippen LogP contribution in [0.25, 0.3) is 32.7 Å². The number of phenols is 1. The van der Waals surface area contributed by atoms with Gasteiger partial charge in [-0.2, -0.15) is 0 Å². The van der Waals surface area contributed by atoms with Crippen LogP contribution in [0.15, 0.2) is 112 Å². The van der Waals surface area contributed by atoms with E-state index in [0.29, 0.717) is 27.6 Å². The fourth-order valence-corrected chi connectivity index (χ4v) is 9.13. The van der Waals surface area contributed by atoms with E-state index in [-0.39, 0.29) is 17.1 Å². The lowest BCUT2D eigenvalue weighted by Crippen LogP contribution is -2.36. The SMILES string of the molecule is C#Cc1cc2cnc(Nc3ccc(N4CCOCC4)cc3)nc2cc1OC1CCNCC1.COc1cc2nc(Cl)ncc2cc1Br.Oc1cc2nc(Nc3ccc(N4CCOCC4)cc3)ncc2cc1Br. The molecule has 3 fully saturated rings. The van der Waals surface area contributed by atoms with Crippen LogP contribution in [0.4, 0.5) is 34.6 Å². The molecular weight excluding hydrogens is 1050 g/mol. The number of anilines is 6. The van der Waals surface area contributed by atoms with E-state index in [1.807, 2.05) is 48.5 Å². The predicted octanol–water partition coefficient (Wildman–Crippen LogP) is 10.1. The lowest BCUT2D eigenvalue weighted by molar-refractivity contribution is 0.122. The van der Waals surface area contributed by atoms with Crippen LogP contribution in [0, 0.1) is 12.3 Å². The number of aromatic hydroxyl groups is 1. The van der Waals surface area contributed by atoms with Crippen LogP contribution in [0.2, 0.25) is 5.28 Å². The number of nitrogens with zero attached hydrogens (tertiary/aromatic N) is 8. The molecule has 0 radical (unpaired) electrons. The van der Waals surface area contributed by atoms with Gasteiger partial charge in [-0.3, -0.25) is 0 Å². The van der Waals surface area contributed by atoms with Crippen molar-refractivity contribution in [1.29, 1.82) is 0 Å². The van der Waals surface area contributed by atoms with Gasteiger partial charge in [-0.1, -0.05) is 5.92 Å². The van der Waals surface area contributed by atoms with Crippen molar-refractivity contribution in [3.8, 4) is 29.6 Å². The second-order valence-corrected chi connectivity index (χ2v) is 18.6. The Balaban J connectivity index is 0.000000142. The molecule has 16 nitrogen and oxygen atoms in total. The van der Waals surface area contributed by atoms with Gasteiger partial charge >= 0.3 is 0 Å². The number of benzene rings is 5. The molecule has 0 unspecified atom stereocenters. The maximum absolute atomic E-state index is 9.81. The molecule has 0 aliphatic carbocycles. The van der Waals surface area contributed by atoms with Gasteiger partial charge in [-0.05, 0) is 136 Å². The third kappa shape index (κ3) is 12.9. The molecule has 3 aromatic heterocycles. The van der Waals surface area contributed by atoms with Gasteiger partial charge in [-0.15, -0.1) is 6.42 Å². The van der Waals surface area contributed by atoms with Gasteiger partial charge in [0.05, 0.1) is 64.6 Å². The van der Waals surface area contributed by atoms with E-state index in [0.717, 1.165) is 133 Å². The van der Waals surface area contributed by atoms with E-state index < -0.39 is 0 Å². The van der Waals surface area contributed by atoms with Crippen molar-refractivity contribution in [2.45, 2.75) is 18.9 Å². The molecule has 3 saturated heterocycles. The van der Waals surface area contributed by atoms with Gasteiger partial charge in [0.2, 0.25) is 17.2 Å². The van der Waals surface area contributed by atoms with Crippen LogP contribution in [-0.2, 0) is 9.47 Å². The number of halogens is 3. The summed E-state index contributed by atoms with van der Waals surface area (Å²) in [6.07, 6.45) is 13.1. The molecule has 8 aromatic rings. The van der Waals surface area contributed by atoms with Crippen LogP contribution < -0.4 is 35.2 Å². The summed E-state index contributed by atoms with van der Waals surface area (Å²) >= 11 is 12.4. The van der Waals surface area contributed by atoms with E-state index in [1.165, 1.54) is 11.4 Å². The Morgan fingerprint density at radius 1 is 0.676 bits per heavy atom. The van der Waals surface area contributed by atoms with Crippen molar-refractivity contribution in [1.82, 2.24) is 35.2 Å². The highest BCUT2D eigenvalue weighted by molar-refractivity contribution is 9.11. The maximum Gasteiger partial charge on any atom is 0.227 e. The lowest BCUT2D eigenvalue weighted by Gasteiger charge is -2.28. The summed E-state index contributed by atoms with van der Waals surface area (Å²) in [6, 6.07) is 27.5. The summed E-state index contributed by atoms with van der Waals surface area (Å²) in [7, 11) is 1.61. The van der Waals surface area contributed by atoms with E-state index in [2.05, 4.69) is 113 Å². The van der Waals surface area contributed by atoms with Gasteiger partial charge in [0.15, 0.2) is 0 Å². The third-order valence-electron chi connectivity index (χ3n) is 11.9. The molecule has 364 valence electrons. The first-order valence-electron chi connectivity index (χ1n) is 23.0. The Labute approximate surface area is 432 Å². The Morgan fingerprint density at radius 2 is 1.17 bits per heavy atom. The second kappa shape index (κ2) is 23.5. The smallest absolute Gasteiger partial charge is 0.227 e. The number of phenolic OH excluding ortho intramolecular Hbond substituents is 1. The molecule has 0 spiro atoms. The lowest BCUT2D eigenvalue weighted by atomic mass is 10.1. The first-order chi connectivity index (χ1) is 34.7. The molecular formula is C52H50Br2ClN11O5. The summed E-state index contributed by atoms with van der Waals surface area (Å²) in [5.74, 6) is 5.38. The number of morpholine rings is 2. The molecule has 0 atom stereocenters. The molecule has 71 heavy (non-hydrogen) atoms. The van der Waals surface area contributed by atoms with Crippen molar-refractivity contribution >= 4 is 111 Å². The van der Waals surface area contributed by atoms with Crippen molar-refractivity contribution in [2.24, 2.45) is 0 Å². The Bertz CT molecular complexity index is 3150. The average molecular weight is 1100 g/mol. The van der Waals surface area contributed by atoms with Gasteiger partial charge < -0.3 is 49.8 Å². The van der Waals surface area contributed by atoms with Gasteiger partial charge in [0.1, 0.15) is 23.4 Å². The molecule has 5 aromatic carbocycles. The number of hydrogen-bond acceptors (Lipinski definition) is 16. The van der Waals surface area contributed by atoms with Gasteiger partial charge in [0, 0.05) is 102 Å². The topological polar surface area (TPSA) is 177 Å². The molecule has 3 aliphatic heterocycles. The maximum atomic E-state index is 9.81. The van der Waals surface area contributed by atoms with Crippen LogP contribution in [0.1, 0.15) is 18.4 Å². The fraction of sp³-hybridized carbons (Fsp3) is 0.269. The predicted molar refractivity (Wildman–Crippen MR) is 287 cm³/mol. The van der Waals surface area contributed by atoms with Crippen LogP contribution in [0.5, 0.6) is 17.2 Å². The highest BCUT2D eigenvalue weighted by atomic mass is 79.9. The number of rotatable bonds is 9. The molecule has 0 saturated carbocycles. The Morgan fingerprint density at radius 3 is 1.72 bits per heavy atom. The summed E-state index contributed by atoms with van der Waals surface area (Å²) in [4.78, 5) is 30.6. The van der Waals surface area contributed by atoms with Gasteiger partial charge in [0.25, 0.3) is 0 Å². The monoisotopic (exact) mass is 1100 g/mol. The summed E-state index contributed by atoms with van der Waals surface area (Å²) in [6.45, 7) is 8.69. The highest BCUT2D eigenvalue weighted by Crippen LogP contribution is 2.32. The van der Waals surface area contributed by atoms with E-state index >= 15 is 0 Å². The number of ether oxygens (including phenoxy) is 4. The summed E-state index contributed by atoms with van der Waals surface area (Å²) < 4.78 is 23.7. The first-order valence-corrected chi connectivity index (χ1v) is 25.0. The van der Waals surface area contributed by atoms with Gasteiger partial charge in [-0.25, -0.2) is 29.9 Å². The average Bonchev–Trinajstić information content (AvgIpc) is 3.40. The second-order valence-electron chi connectivity index (χ2n) is 16.6. The number of fused-ring (bicyclic) bond motifs is 3. The third-order valence-corrected chi connectivity index (χ3v) is 13.3. The Hall–Kier alpha value is -6.59. The first kappa shape index (κ1) is 49.4. The van der Waals surface area contributed by atoms with Crippen molar-refractivity contribution in [2.75, 3.05) is 93.2 Å². The quantitative estimate of drug-likeness (QED) is 0.0793. The standard InChI is InChI=1S/C25H27N5O2.C18H17BrN4O2.C9H6BrClN2O/c1-2-18-15-19-17-27-25(29-23(19)16-24(18)32-22-7-9-26-10-8-22)28-20-3-5-21(6-4-20)30-11-13-31-14-12-30;19-15-9-12-11-20-18(22-16(12)10-17(15)24)21-13-1-3-14(4-2-13)23-5-7-25-8-6-23;1-14-8-3-7-5(2-6(8)10)4-12-9(11)13-7/h1,3-6,15-17,22,26H,7-14H2,(H,27,28,29);1-4,9-11,24H,5-8H2,(H,20,21,22);2-4H,1H3. The number of methoxy groups -OCH3 is 1. The van der Waals surface area contributed by atoms with E-state index in [4.69, 9.17) is 42.0 Å². The summed E-state index contributed by atoms with van der Waals surface area (Å²) in [5.41, 5.74) is 7.22. The van der Waals surface area contributed by atoms with Crippen LogP contribution >= 0.6 is 43.5 Å². The summed E-state index contributed by atoms with van der Waals surface area (Å²) in [5, 5.41) is 22.6. The number of nitrogens with one attached hydrogen (secondary N) is 3. The number of hydrogen-bond donors (Lipinski definition) is 4.